The third kappa shape index (κ3) is 2.81. The number of sulfonamides is 1. The molecule has 0 bridgehead atoms. The Kier molecular flexibility index (Phi) is 4.18. The van der Waals surface area contributed by atoms with Crippen molar-refractivity contribution in [3.8, 4) is 0 Å². The number of hydrogen-bond donors (Lipinski definition) is 1. The first-order valence-electron chi connectivity index (χ1n) is 5.62. The summed E-state index contributed by atoms with van der Waals surface area (Å²) in [6.07, 6.45) is 1.62. The Labute approximate surface area is 117 Å². The third-order valence-electron chi connectivity index (χ3n) is 2.93. The molecule has 0 aromatic heterocycles. The first kappa shape index (κ1) is 14.1. The zero-order valence-electron chi connectivity index (χ0n) is 9.64. The molecule has 100 valence electrons. The SMILES string of the molecule is N[C@H]1CCCN(S(=O)(=O)c2ccc(Cl)cc2Cl)C1. The summed E-state index contributed by atoms with van der Waals surface area (Å²) in [6, 6.07) is 4.27. The number of benzene rings is 1. The fourth-order valence-electron chi connectivity index (χ4n) is 2.02. The number of rotatable bonds is 2. The molecule has 0 aliphatic carbocycles. The summed E-state index contributed by atoms with van der Waals surface area (Å²) in [4.78, 5) is 0.0858. The van der Waals surface area contributed by atoms with Crippen LogP contribution in [0, 0.1) is 0 Å². The minimum absolute atomic E-state index is 0.0858. The van der Waals surface area contributed by atoms with Crippen molar-refractivity contribution >= 4 is 33.2 Å². The summed E-state index contributed by atoms with van der Waals surface area (Å²) in [7, 11) is -3.58. The Morgan fingerprint density at radius 2 is 2.06 bits per heavy atom. The van der Waals surface area contributed by atoms with Crippen molar-refractivity contribution in [1.29, 1.82) is 0 Å². The molecule has 4 nitrogen and oxygen atoms in total. The van der Waals surface area contributed by atoms with Crippen molar-refractivity contribution in [2.75, 3.05) is 13.1 Å². The van der Waals surface area contributed by atoms with Crippen molar-refractivity contribution < 1.29 is 8.42 Å². The van der Waals surface area contributed by atoms with E-state index in [1.807, 2.05) is 0 Å². The van der Waals surface area contributed by atoms with Gasteiger partial charge in [0.15, 0.2) is 0 Å². The van der Waals surface area contributed by atoms with Gasteiger partial charge in [-0.1, -0.05) is 23.2 Å². The van der Waals surface area contributed by atoms with Crippen LogP contribution in [0.25, 0.3) is 0 Å². The van der Waals surface area contributed by atoms with E-state index >= 15 is 0 Å². The van der Waals surface area contributed by atoms with Gasteiger partial charge in [-0.05, 0) is 31.0 Å². The molecule has 1 atom stereocenters. The average molecular weight is 309 g/mol. The molecule has 7 heteroatoms. The zero-order valence-corrected chi connectivity index (χ0v) is 12.0. The lowest BCUT2D eigenvalue weighted by atomic mass is 10.1. The summed E-state index contributed by atoms with van der Waals surface area (Å²) >= 11 is 11.7. The number of halogens is 2. The molecule has 1 aliphatic rings. The normalized spacial score (nSPS) is 22.1. The maximum absolute atomic E-state index is 12.4. The van der Waals surface area contributed by atoms with Gasteiger partial charge in [-0.25, -0.2) is 8.42 Å². The van der Waals surface area contributed by atoms with E-state index in [-0.39, 0.29) is 16.0 Å². The van der Waals surface area contributed by atoms with Crippen LogP contribution in [0.5, 0.6) is 0 Å². The van der Waals surface area contributed by atoms with Crippen LogP contribution < -0.4 is 5.73 Å². The van der Waals surface area contributed by atoms with Crippen LogP contribution in [0.4, 0.5) is 0 Å². The summed E-state index contributed by atoms with van der Waals surface area (Å²) in [5.74, 6) is 0. The highest BCUT2D eigenvalue weighted by molar-refractivity contribution is 7.89. The first-order chi connectivity index (χ1) is 8.41. The van der Waals surface area contributed by atoms with Crippen LogP contribution in [0.2, 0.25) is 10.0 Å². The predicted octanol–water partition coefficient (Wildman–Crippen LogP) is 2.11. The van der Waals surface area contributed by atoms with Crippen molar-refractivity contribution in [2.45, 2.75) is 23.8 Å². The number of piperidine rings is 1. The minimum atomic E-state index is -3.58. The molecular weight excluding hydrogens is 295 g/mol. The highest BCUT2D eigenvalue weighted by Gasteiger charge is 2.30. The van der Waals surface area contributed by atoms with Gasteiger partial charge < -0.3 is 5.73 Å². The smallest absolute Gasteiger partial charge is 0.244 e. The first-order valence-corrected chi connectivity index (χ1v) is 7.81. The lowest BCUT2D eigenvalue weighted by molar-refractivity contribution is 0.316. The Morgan fingerprint density at radius 1 is 1.33 bits per heavy atom. The molecule has 1 aromatic carbocycles. The van der Waals surface area contributed by atoms with Crippen LogP contribution in [-0.2, 0) is 10.0 Å². The Hall–Kier alpha value is -0.330. The molecule has 1 fully saturated rings. The largest absolute Gasteiger partial charge is 0.327 e. The summed E-state index contributed by atoms with van der Waals surface area (Å²) in [6.45, 7) is 0.816. The lowest BCUT2D eigenvalue weighted by Gasteiger charge is -2.30. The van der Waals surface area contributed by atoms with Crippen molar-refractivity contribution in [1.82, 2.24) is 4.31 Å². The molecule has 0 saturated carbocycles. The maximum atomic E-state index is 12.4. The van der Waals surface area contributed by atoms with E-state index in [2.05, 4.69) is 0 Å². The monoisotopic (exact) mass is 308 g/mol. The van der Waals surface area contributed by atoms with E-state index in [0.29, 0.717) is 18.1 Å². The molecule has 1 aromatic rings. The van der Waals surface area contributed by atoms with E-state index in [1.54, 1.807) is 0 Å². The van der Waals surface area contributed by atoms with Gasteiger partial charge in [-0.3, -0.25) is 0 Å². The molecule has 0 unspecified atom stereocenters. The van der Waals surface area contributed by atoms with Crippen LogP contribution in [0.15, 0.2) is 23.1 Å². The fraction of sp³-hybridized carbons (Fsp3) is 0.455. The van der Waals surface area contributed by atoms with Crippen molar-refractivity contribution in [3.63, 3.8) is 0 Å². The van der Waals surface area contributed by atoms with Gasteiger partial charge in [0.25, 0.3) is 0 Å². The van der Waals surface area contributed by atoms with Crippen LogP contribution in [0.3, 0.4) is 0 Å². The number of nitrogens with zero attached hydrogens (tertiary/aromatic N) is 1. The van der Waals surface area contributed by atoms with Crippen molar-refractivity contribution in [2.24, 2.45) is 5.73 Å². The quantitative estimate of drug-likeness (QED) is 0.910. The van der Waals surface area contributed by atoms with Crippen LogP contribution in [-0.4, -0.2) is 31.9 Å². The second-order valence-electron chi connectivity index (χ2n) is 4.34. The molecule has 2 rings (SSSR count). The van der Waals surface area contributed by atoms with Gasteiger partial charge in [0.1, 0.15) is 4.90 Å². The molecule has 1 saturated heterocycles. The highest BCUT2D eigenvalue weighted by atomic mass is 35.5. The Morgan fingerprint density at radius 3 is 2.67 bits per heavy atom. The van der Waals surface area contributed by atoms with Gasteiger partial charge in [0, 0.05) is 24.2 Å². The second kappa shape index (κ2) is 5.35. The van der Waals surface area contributed by atoms with Gasteiger partial charge in [-0.15, -0.1) is 0 Å². The Bertz CT molecular complexity index is 548. The predicted molar refractivity (Wildman–Crippen MR) is 72.4 cm³/mol. The molecular formula is C11H14Cl2N2O2S. The van der Waals surface area contributed by atoms with Gasteiger partial charge in [0.05, 0.1) is 5.02 Å². The molecule has 1 aliphatic heterocycles. The van der Waals surface area contributed by atoms with Crippen LogP contribution in [0.1, 0.15) is 12.8 Å². The summed E-state index contributed by atoms with van der Waals surface area (Å²) in [5.41, 5.74) is 5.80. The highest BCUT2D eigenvalue weighted by Crippen LogP contribution is 2.28. The average Bonchev–Trinajstić information content (AvgIpc) is 2.28. The maximum Gasteiger partial charge on any atom is 0.244 e. The van der Waals surface area contributed by atoms with Gasteiger partial charge in [-0.2, -0.15) is 4.31 Å². The minimum Gasteiger partial charge on any atom is -0.327 e. The number of hydrogen-bond acceptors (Lipinski definition) is 3. The molecule has 0 spiro atoms. The van der Waals surface area contributed by atoms with E-state index in [1.165, 1.54) is 22.5 Å². The summed E-state index contributed by atoms with van der Waals surface area (Å²) in [5, 5.41) is 0.552. The van der Waals surface area contributed by atoms with Gasteiger partial charge in [0.2, 0.25) is 10.0 Å². The summed E-state index contributed by atoms with van der Waals surface area (Å²) < 4.78 is 26.2. The third-order valence-corrected chi connectivity index (χ3v) is 5.52. The van der Waals surface area contributed by atoms with E-state index < -0.39 is 10.0 Å². The van der Waals surface area contributed by atoms with E-state index in [9.17, 15) is 8.42 Å². The second-order valence-corrected chi connectivity index (χ2v) is 7.09. The standard InChI is InChI=1S/C11H14Cl2N2O2S/c12-8-3-4-11(10(13)6-8)18(16,17)15-5-1-2-9(14)7-15/h3-4,6,9H,1-2,5,7,14H2/t9-/m0/s1. The van der Waals surface area contributed by atoms with Gasteiger partial charge >= 0.3 is 0 Å². The van der Waals surface area contributed by atoms with E-state index in [0.717, 1.165) is 12.8 Å². The molecule has 0 radical (unpaired) electrons. The Balaban J connectivity index is 2.35. The molecule has 2 N–H and O–H groups in total. The van der Waals surface area contributed by atoms with Crippen LogP contribution >= 0.6 is 23.2 Å². The molecule has 0 amide bonds. The number of nitrogens with two attached hydrogens (primary N) is 1. The molecule has 18 heavy (non-hydrogen) atoms. The van der Waals surface area contributed by atoms with Crippen molar-refractivity contribution in [3.05, 3.63) is 28.2 Å². The zero-order chi connectivity index (χ0) is 13.3. The topological polar surface area (TPSA) is 63.4 Å². The van der Waals surface area contributed by atoms with E-state index in [4.69, 9.17) is 28.9 Å². The fourth-order valence-corrected chi connectivity index (χ4v) is 4.30. The molecule has 1 heterocycles. The lowest BCUT2D eigenvalue weighted by Crippen LogP contribution is -2.45.